The lowest BCUT2D eigenvalue weighted by Gasteiger charge is -2.36. The molecule has 1 aliphatic heterocycles. The minimum atomic E-state index is -1.18. The van der Waals surface area contributed by atoms with Crippen molar-refractivity contribution in [2.24, 2.45) is 0 Å². The molecule has 134 valence electrons. The van der Waals surface area contributed by atoms with Gasteiger partial charge in [-0.2, -0.15) is 0 Å². The summed E-state index contributed by atoms with van der Waals surface area (Å²) in [6.45, 7) is 2.77. The Morgan fingerprint density at radius 2 is 2.17 bits per heavy atom. The molecule has 1 heterocycles. The summed E-state index contributed by atoms with van der Waals surface area (Å²) >= 11 is 0. The lowest BCUT2D eigenvalue weighted by atomic mass is 10.0. The van der Waals surface area contributed by atoms with E-state index in [9.17, 15) is 20.1 Å². The summed E-state index contributed by atoms with van der Waals surface area (Å²) in [5.41, 5.74) is 0. The van der Waals surface area contributed by atoms with E-state index in [-0.39, 0.29) is 18.9 Å². The van der Waals surface area contributed by atoms with Gasteiger partial charge < -0.3 is 35.2 Å². The van der Waals surface area contributed by atoms with Crippen molar-refractivity contribution in [2.75, 3.05) is 13.2 Å². The second-order valence-corrected chi connectivity index (χ2v) is 5.55. The fourth-order valence-corrected chi connectivity index (χ4v) is 2.28. The summed E-state index contributed by atoms with van der Waals surface area (Å²) < 4.78 is 10.8. The van der Waals surface area contributed by atoms with Gasteiger partial charge in [-0.3, -0.25) is 4.79 Å². The van der Waals surface area contributed by atoms with E-state index in [1.54, 1.807) is 12.2 Å². The third kappa shape index (κ3) is 6.54. The van der Waals surface area contributed by atoms with Crippen molar-refractivity contribution in [3.63, 3.8) is 0 Å². The third-order valence-electron chi connectivity index (χ3n) is 3.55. The van der Waals surface area contributed by atoms with E-state index in [0.717, 1.165) is 6.42 Å². The number of amides is 1. The molecular formula is C15H27NO7. The normalized spacial score (nSPS) is 31.0. The van der Waals surface area contributed by atoms with Gasteiger partial charge in [-0.25, -0.2) is 0 Å². The quantitative estimate of drug-likeness (QED) is 0.348. The molecule has 0 aromatic heterocycles. The Bertz CT molecular complexity index is 390. The van der Waals surface area contributed by atoms with Crippen LogP contribution in [0.4, 0.5) is 0 Å². The SMILES string of the molecule is CC/C=C/[C@@H](O)[C@H](COC1CC(O)C(O)C(CO)O1)NC(C)=O. The van der Waals surface area contributed by atoms with E-state index < -0.39 is 43.4 Å². The molecule has 1 aliphatic rings. The molecule has 5 N–H and O–H groups in total. The van der Waals surface area contributed by atoms with E-state index in [4.69, 9.17) is 14.6 Å². The van der Waals surface area contributed by atoms with Crippen LogP contribution in [0, 0.1) is 0 Å². The zero-order valence-electron chi connectivity index (χ0n) is 13.5. The average molecular weight is 333 g/mol. The Morgan fingerprint density at radius 3 is 2.74 bits per heavy atom. The molecule has 4 unspecified atom stereocenters. The highest BCUT2D eigenvalue weighted by atomic mass is 16.7. The summed E-state index contributed by atoms with van der Waals surface area (Å²) in [6, 6.07) is -0.671. The maximum Gasteiger partial charge on any atom is 0.217 e. The molecule has 8 heteroatoms. The number of hydrogen-bond acceptors (Lipinski definition) is 7. The molecule has 0 aromatic carbocycles. The zero-order chi connectivity index (χ0) is 17.4. The number of carbonyl (C=O) groups excluding carboxylic acids is 1. The first kappa shape index (κ1) is 20.0. The second-order valence-electron chi connectivity index (χ2n) is 5.55. The van der Waals surface area contributed by atoms with Gasteiger partial charge in [-0.1, -0.05) is 19.1 Å². The number of nitrogens with one attached hydrogen (secondary N) is 1. The van der Waals surface area contributed by atoms with E-state index in [0.29, 0.717) is 0 Å². The van der Waals surface area contributed by atoms with Crippen molar-refractivity contribution >= 4 is 5.91 Å². The smallest absolute Gasteiger partial charge is 0.217 e. The van der Waals surface area contributed by atoms with Crippen molar-refractivity contribution in [1.82, 2.24) is 5.32 Å². The highest BCUT2D eigenvalue weighted by Crippen LogP contribution is 2.21. The lowest BCUT2D eigenvalue weighted by Crippen LogP contribution is -2.52. The summed E-state index contributed by atoms with van der Waals surface area (Å²) in [6.07, 6.45) is -0.827. The first-order valence-corrected chi connectivity index (χ1v) is 7.74. The summed E-state index contributed by atoms with van der Waals surface area (Å²) in [5, 5.41) is 41.1. The Kier molecular flexibility index (Phi) is 8.67. The highest BCUT2D eigenvalue weighted by molar-refractivity contribution is 5.73. The number of rotatable bonds is 8. The number of carbonyl (C=O) groups is 1. The third-order valence-corrected chi connectivity index (χ3v) is 3.55. The molecule has 1 rings (SSSR count). The monoisotopic (exact) mass is 333 g/mol. The predicted molar refractivity (Wildman–Crippen MR) is 81.4 cm³/mol. The van der Waals surface area contributed by atoms with Crippen LogP contribution in [0.5, 0.6) is 0 Å². The zero-order valence-corrected chi connectivity index (χ0v) is 13.5. The van der Waals surface area contributed by atoms with E-state index in [1.807, 2.05) is 6.92 Å². The Morgan fingerprint density at radius 1 is 1.48 bits per heavy atom. The highest BCUT2D eigenvalue weighted by Gasteiger charge is 2.37. The van der Waals surface area contributed by atoms with Crippen molar-refractivity contribution in [2.45, 2.75) is 63.4 Å². The van der Waals surface area contributed by atoms with Crippen molar-refractivity contribution < 1.29 is 34.7 Å². The molecule has 8 nitrogen and oxygen atoms in total. The maximum atomic E-state index is 11.2. The van der Waals surface area contributed by atoms with Gasteiger partial charge in [0.1, 0.15) is 12.2 Å². The molecule has 0 aliphatic carbocycles. The summed E-state index contributed by atoms with van der Waals surface area (Å²) in [5.74, 6) is -0.309. The molecule has 1 fully saturated rings. The molecule has 0 aromatic rings. The van der Waals surface area contributed by atoms with Gasteiger partial charge in [0.15, 0.2) is 6.29 Å². The maximum absolute atomic E-state index is 11.2. The van der Waals surface area contributed by atoms with Gasteiger partial charge in [0.25, 0.3) is 0 Å². The molecule has 1 amide bonds. The topological polar surface area (TPSA) is 128 Å². The molecule has 23 heavy (non-hydrogen) atoms. The summed E-state index contributed by atoms with van der Waals surface area (Å²) in [4.78, 5) is 11.2. The van der Waals surface area contributed by atoms with Crippen LogP contribution in [0.3, 0.4) is 0 Å². The minimum absolute atomic E-state index is 0.0331. The van der Waals surface area contributed by atoms with Crippen LogP contribution in [0.15, 0.2) is 12.2 Å². The van der Waals surface area contributed by atoms with Crippen LogP contribution >= 0.6 is 0 Å². The van der Waals surface area contributed by atoms with Gasteiger partial charge in [0, 0.05) is 13.3 Å². The fourth-order valence-electron chi connectivity index (χ4n) is 2.28. The molecule has 1 saturated heterocycles. The van der Waals surface area contributed by atoms with E-state index >= 15 is 0 Å². The van der Waals surface area contributed by atoms with E-state index in [1.165, 1.54) is 6.92 Å². The second kappa shape index (κ2) is 9.96. The average Bonchev–Trinajstić information content (AvgIpc) is 2.51. The first-order chi connectivity index (χ1) is 10.9. The Labute approximate surface area is 135 Å². The van der Waals surface area contributed by atoms with E-state index in [2.05, 4.69) is 5.32 Å². The largest absolute Gasteiger partial charge is 0.394 e. The molecule has 0 saturated carbocycles. The first-order valence-electron chi connectivity index (χ1n) is 7.74. The number of aliphatic hydroxyl groups excluding tert-OH is 4. The number of aliphatic hydroxyl groups is 4. The van der Waals surface area contributed by atoms with Crippen LogP contribution in [-0.4, -0.2) is 76.3 Å². The standard InChI is InChI=1S/C15H27NO7/c1-3-4-5-11(19)10(16-9(2)18)8-22-14-6-12(20)15(21)13(7-17)23-14/h4-5,10-15,17,19-21H,3,6-8H2,1-2H3,(H,16,18)/b5-4+/t10-,11+,12?,13?,14?,15?/m0/s1. The molecule has 6 atom stereocenters. The number of hydrogen-bond donors (Lipinski definition) is 5. The number of ether oxygens (including phenoxy) is 2. The Hall–Kier alpha value is -1.03. The van der Waals surface area contributed by atoms with Crippen LogP contribution in [-0.2, 0) is 14.3 Å². The van der Waals surface area contributed by atoms with Crippen LogP contribution in [0.2, 0.25) is 0 Å². The van der Waals surface area contributed by atoms with Gasteiger partial charge in [0.2, 0.25) is 5.91 Å². The summed E-state index contributed by atoms with van der Waals surface area (Å²) in [7, 11) is 0. The van der Waals surface area contributed by atoms with Crippen LogP contribution in [0.25, 0.3) is 0 Å². The lowest BCUT2D eigenvalue weighted by molar-refractivity contribution is -0.258. The predicted octanol–water partition coefficient (Wildman–Crippen LogP) is -1.34. The Balaban J connectivity index is 2.59. The van der Waals surface area contributed by atoms with Crippen LogP contribution < -0.4 is 5.32 Å². The van der Waals surface area contributed by atoms with Crippen molar-refractivity contribution in [3.05, 3.63) is 12.2 Å². The van der Waals surface area contributed by atoms with Crippen molar-refractivity contribution in [1.29, 1.82) is 0 Å². The van der Waals surface area contributed by atoms with Crippen LogP contribution in [0.1, 0.15) is 26.7 Å². The minimum Gasteiger partial charge on any atom is -0.394 e. The van der Waals surface area contributed by atoms with Gasteiger partial charge in [-0.15, -0.1) is 0 Å². The van der Waals surface area contributed by atoms with Gasteiger partial charge in [0.05, 0.1) is 31.5 Å². The van der Waals surface area contributed by atoms with Crippen molar-refractivity contribution in [3.8, 4) is 0 Å². The van der Waals surface area contributed by atoms with Gasteiger partial charge >= 0.3 is 0 Å². The molecular weight excluding hydrogens is 306 g/mol. The van der Waals surface area contributed by atoms with Gasteiger partial charge in [-0.05, 0) is 6.42 Å². The fraction of sp³-hybridized carbons (Fsp3) is 0.800. The molecule has 0 bridgehead atoms. The molecule has 0 spiro atoms. The molecule has 0 radical (unpaired) electrons. The number of allylic oxidation sites excluding steroid dienone is 1.